The fourth-order valence-electron chi connectivity index (χ4n) is 1.52. The number of nitriles is 1. The molecule has 18 heavy (non-hydrogen) atoms. The molecular weight excluding hydrogens is 232 g/mol. The molecule has 96 valence electrons. The van der Waals surface area contributed by atoms with Crippen LogP contribution in [0.25, 0.3) is 0 Å². The summed E-state index contributed by atoms with van der Waals surface area (Å²) in [4.78, 5) is 11.5. The van der Waals surface area contributed by atoms with Gasteiger partial charge in [-0.1, -0.05) is 6.07 Å². The molecule has 1 aromatic rings. The number of benzene rings is 1. The van der Waals surface area contributed by atoms with Crippen LogP contribution < -0.4 is 5.32 Å². The Morgan fingerprint density at radius 2 is 2.33 bits per heavy atom. The first-order valence-corrected chi connectivity index (χ1v) is 5.63. The molecule has 0 aliphatic carbocycles. The van der Waals surface area contributed by atoms with E-state index in [1.165, 1.54) is 7.11 Å². The first kappa shape index (κ1) is 14.0. The fourth-order valence-corrected chi connectivity index (χ4v) is 1.52. The summed E-state index contributed by atoms with van der Waals surface area (Å²) in [6.45, 7) is 2.22. The van der Waals surface area contributed by atoms with E-state index in [0.29, 0.717) is 18.7 Å². The molecule has 0 unspecified atom stereocenters. The highest BCUT2D eigenvalue weighted by Crippen LogP contribution is 2.20. The van der Waals surface area contributed by atoms with Crippen molar-refractivity contribution in [3.8, 4) is 6.07 Å². The highest BCUT2D eigenvalue weighted by atomic mass is 16.5. The van der Waals surface area contributed by atoms with Gasteiger partial charge in [0.1, 0.15) is 6.07 Å². The number of nitrogens with one attached hydrogen (secondary N) is 1. The molecule has 0 amide bonds. The average Bonchev–Trinajstić information content (AvgIpc) is 2.37. The summed E-state index contributed by atoms with van der Waals surface area (Å²) < 4.78 is 4.62. The number of anilines is 1. The molecule has 0 saturated carbocycles. The molecule has 0 spiro atoms. The number of hydrogen-bond donors (Lipinski definition) is 2. The van der Waals surface area contributed by atoms with E-state index in [-0.39, 0.29) is 11.1 Å². The number of methoxy groups -OCH3 is 1. The predicted molar refractivity (Wildman–Crippen MR) is 67.3 cm³/mol. The number of hydrogen-bond acceptors (Lipinski definition) is 5. The molecule has 1 atom stereocenters. The Hall–Kier alpha value is -2.06. The minimum Gasteiger partial charge on any atom is -0.465 e. The van der Waals surface area contributed by atoms with Crippen LogP contribution in [0.2, 0.25) is 0 Å². The fraction of sp³-hybridized carbons (Fsp3) is 0.385. The number of ether oxygens (including phenoxy) is 1. The maximum absolute atomic E-state index is 11.5. The van der Waals surface area contributed by atoms with Gasteiger partial charge in [-0.05, 0) is 25.5 Å². The summed E-state index contributed by atoms with van der Waals surface area (Å²) >= 11 is 0. The molecule has 0 aliphatic rings. The molecule has 0 saturated heterocycles. The second kappa shape index (κ2) is 6.62. The molecule has 1 rings (SSSR count). The predicted octanol–water partition coefficient (Wildman–Crippen LogP) is 1.53. The summed E-state index contributed by atoms with van der Waals surface area (Å²) in [5, 5.41) is 21.3. The number of carbonyl (C=O) groups is 1. The summed E-state index contributed by atoms with van der Waals surface area (Å²) in [6.07, 6.45) is 0.152. The van der Waals surface area contributed by atoms with E-state index in [2.05, 4.69) is 10.1 Å². The second-order valence-electron chi connectivity index (χ2n) is 3.90. The van der Waals surface area contributed by atoms with Gasteiger partial charge in [0, 0.05) is 6.54 Å². The molecule has 0 heterocycles. The average molecular weight is 248 g/mol. The topological polar surface area (TPSA) is 82.3 Å². The Bertz CT molecular complexity index is 464. The second-order valence-corrected chi connectivity index (χ2v) is 3.90. The summed E-state index contributed by atoms with van der Waals surface area (Å²) in [5.74, 6) is -0.536. The van der Waals surface area contributed by atoms with Crippen LogP contribution in [-0.2, 0) is 4.74 Å². The number of carbonyl (C=O) groups excluding carboxylic acids is 1. The third-order valence-corrected chi connectivity index (χ3v) is 2.46. The maximum atomic E-state index is 11.5. The van der Waals surface area contributed by atoms with Crippen LogP contribution in [0.3, 0.4) is 0 Å². The molecule has 0 fully saturated rings. The lowest BCUT2D eigenvalue weighted by Gasteiger charge is -2.11. The molecule has 5 nitrogen and oxygen atoms in total. The Labute approximate surface area is 106 Å². The third kappa shape index (κ3) is 3.47. The van der Waals surface area contributed by atoms with Crippen LogP contribution in [0.15, 0.2) is 18.2 Å². The number of nitrogens with zero attached hydrogens (tertiary/aromatic N) is 1. The quantitative estimate of drug-likeness (QED) is 0.772. The smallest absolute Gasteiger partial charge is 0.339 e. The van der Waals surface area contributed by atoms with Gasteiger partial charge in [-0.15, -0.1) is 0 Å². The highest BCUT2D eigenvalue weighted by molar-refractivity contribution is 5.94. The van der Waals surface area contributed by atoms with Gasteiger partial charge in [-0.25, -0.2) is 4.79 Å². The largest absolute Gasteiger partial charge is 0.465 e. The van der Waals surface area contributed by atoms with Crippen LogP contribution in [0.1, 0.15) is 29.3 Å². The van der Waals surface area contributed by atoms with Gasteiger partial charge in [0.2, 0.25) is 0 Å². The van der Waals surface area contributed by atoms with Crippen LogP contribution in [0, 0.1) is 11.3 Å². The van der Waals surface area contributed by atoms with E-state index >= 15 is 0 Å². The van der Waals surface area contributed by atoms with Gasteiger partial charge in [0.05, 0.1) is 30.0 Å². The van der Waals surface area contributed by atoms with Gasteiger partial charge in [0.15, 0.2) is 0 Å². The van der Waals surface area contributed by atoms with Crippen molar-refractivity contribution >= 4 is 11.7 Å². The van der Waals surface area contributed by atoms with Crippen molar-refractivity contribution in [2.45, 2.75) is 19.4 Å². The van der Waals surface area contributed by atoms with Gasteiger partial charge in [-0.2, -0.15) is 5.26 Å². The highest BCUT2D eigenvalue weighted by Gasteiger charge is 2.14. The molecular formula is C13H16N2O3. The zero-order valence-corrected chi connectivity index (χ0v) is 10.4. The Kier molecular flexibility index (Phi) is 5.15. The van der Waals surface area contributed by atoms with E-state index in [1.54, 1.807) is 25.1 Å². The zero-order valence-electron chi connectivity index (χ0n) is 10.4. The molecule has 2 N–H and O–H groups in total. The van der Waals surface area contributed by atoms with Crippen molar-refractivity contribution < 1.29 is 14.6 Å². The molecule has 1 aromatic carbocycles. The van der Waals surface area contributed by atoms with Crippen molar-refractivity contribution in [2.24, 2.45) is 0 Å². The number of aliphatic hydroxyl groups excluding tert-OH is 1. The minimum atomic E-state index is -0.536. The molecule has 5 heteroatoms. The maximum Gasteiger partial charge on any atom is 0.339 e. The van der Waals surface area contributed by atoms with Crippen molar-refractivity contribution in [1.29, 1.82) is 5.26 Å². The van der Waals surface area contributed by atoms with Gasteiger partial charge in [0.25, 0.3) is 0 Å². The van der Waals surface area contributed by atoms with E-state index in [1.807, 2.05) is 6.07 Å². The first-order valence-electron chi connectivity index (χ1n) is 5.63. The zero-order chi connectivity index (χ0) is 13.5. The lowest BCUT2D eigenvalue weighted by Crippen LogP contribution is -2.12. The third-order valence-electron chi connectivity index (χ3n) is 2.46. The molecule has 0 radical (unpaired) electrons. The number of aliphatic hydroxyl groups is 1. The molecule has 0 bridgehead atoms. The van der Waals surface area contributed by atoms with Crippen LogP contribution in [-0.4, -0.2) is 30.8 Å². The Balaban J connectivity index is 2.92. The van der Waals surface area contributed by atoms with Gasteiger partial charge >= 0.3 is 5.97 Å². The normalized spacial score (nSPS) is 11.4. The van der Waals surface area contributed by atoms with Crippen LogP contribution in [0.5, 0.6) is 0 Å². The first-order chi connectivity index (χ1) is 8.60. The molecule has 0 aliphatic heterocycles. The lowest BCUT2D eigenvalue weighted by atomic mass is 10.1. The number of esters is 1. The number of rotatable bonds is 5. The van der Waals surface area contributed by atoms with Crippen molar-refractivity contribution in [1.82, 2.24) is 0 Å². The van der Waals surface area contributed by atoms with Gasteiger partial charge in [-0.3, -0.25) is 0 Å². The van der Waals surface area contributed by atoms with Crippen LogP contribution >= 0.6 is 0 Å². The Morgan fingerprint density at radius 1 is 1.61 bits per heavy atom. The SMILES string of the molecule is COC(=O)c1cccc(NCC[C@@H](C)O)c1C#N. The monoisotopic (exact) mass is 248 g/mol. The Morgan fingerprint density at radius 3 is 2.89 bits per heavy atom. The van der Waals surface area contributed by atoms with E-state index in [0.717, 1.165) is 0 Å². The van der Waals surface area contributed by atoms with E-state index < -0.39 is 12.1 Å². The standard InChI is InChI=1S/C13H16N2O3/c1-9(16)6-7-15-12-5-3-4-10(11(12)8-14)13(17)18-2/h3-5,9,15-16H,6-7H2,1-2H3/t9-/m1/s1. The molecule has 0 aromatic heterocycles. The van der Waals surface area contributed by atoms with Crippen molar-refractivity contribution in [3.05, 3.63) is 29.3 Å². The summed E-state index contributed by atoms with van der Waals surface area (Å²) in [5.41, 5.74) is 1.07. The summed E-state index contributed by atoms with van der Waals surface area (Å²) in [7, 11) is 1.27. The van der Waals surface area contributed by atoms with Crippen LogP contribution in [0.4, 0.5) is 5.69 Å². The van der Waals surface area contributed by atoms with Gasteiger partial charge < -0.3 is 15.2 Å². The van der Waals surface area contributed by atoms with E-state index in [4.69, 9.17) is 10.4 Å². The minimum absolute atomic E-state index is 0.238. The van der Waals surface area contributed by atoms with Crippen molar-refractivity contribution in [2.75, 3.05) is 19.0 Å². The van der Waals surface area contributed by atoms with E-state index in [9.17, 15) is 4.79 Å². The summed E-state index contributed by atoms with van der Waals surface area (Å²) in [6, 6.07) is 6.93. The van der Waals surface area contributed by atoms with Crippen molar-refractivity contribution in [3.63, 3.8) is 0 Å². The lowest BCUT2D eigenvalue weighted by molar-refractivity contribution is 0.0600.